The number of nitrogens with two attached hydrogens (primary N) is 1. The summed E-state index contributed by atoms with van der Waals surface area (Å²) in [4.78, 5) is 8.36. The van der Waals surface area contributed by atoms with Gasteiger partial charge in [-0.15, -0.1) is 0 Å². The summed E-state index contributed by atoms with van der Waals surface area (Å²) in [7, 11) is 0. The maximum Gasteiger partial charge on any atom is 0.205 e. The van der Waals surface area contributed by atoms with Crippen LogP contribution in [0.1, 0.15) is 5.56 Å². The molecule has 17 heavy (non-hydrogen) atoms. The molecule has 0 fully saturated rings. The molecule has 0 spiro atoms. The van der Waals surface area contributed by atoms with E-state index in [9.17, 15) is 0 Å². The van der Waals surface area contributed by atoms with Gasteiger partial charge in [-0.3, -0.25) is 9.55 Å². The number of anilines is 1. The van der Waals surface area contributed by atoms with E-state index in [1.807, 2.05) is 28.8 Å². The summed E-state index contributed by atoms with van der Waals surface area (Å²) in [5.74, 6) is 0.488. The number of para-hydroxylation sites is 1. The monoisotopic (exact) mass is 224 g/mol. The molecular formula is C13H12N4. The normalized spacial score (nSPS) is 10.9. The third kappa shape index (κ3) is 1.45. The van der Waals surface area contributed by atoms with Gasteiger partial charge in [0.1, 0.15) is 5.52 Å². The summed E-state index contributed by atoms with van der Waals surface area (Å²) in [5, 5.41) is 0. The van der Waals surface area contributed by atoms with Crippen molar-refractivity contribution in [2.45, 2.75) is 6.92 Å². The molecule has 84 valence electrons. The Morgan fingerprint density at radius 1 is 1.18 bits per heavy atom. The number of rotatable bonds is 1. The van der Waals surface area contributed by atoms with Gasteiger partial charge >= 0.3 is 0 Å². The Morgan fingerprint density at radius 2 is 2.00 bits per heavy atom. The smallest absolute Gasteiger partial charge is 0.205 e. The fourth-order valence-corrected chi connectivity index (χ4v) is 2.02. The molecule has 0 amide bonds. The van der Waals surface area contributed by atoms with E-state index in [-0.39, 0.29) is 0 Å². The highest BCUT2D eigenvalue weighted by molar-refractivity contribution is 5.80. The number of aromatic nitrogens is 3. The number of hydrogen-bond donors (Lipinski definition) is 1. The second-order valence-electron chi connectivity index (χ2n) is 3.96. The molecular weight excluding hydrogens is 212 g/mol. The van der Waals surface area contributed by atoms with E-state index >= 15 is 0 Å². The van der Waals surface area contributed by atoms with E-state index < -0.39 is 0 Å². The van der Waals surface area contributed by atoms with Gasteiger partial charge in [0.15, 0.2) is 0 Å². The van der Waals surface area contributed by atoms with Crippen LogP contribution in [0.3, 0.4) is 0 Å². The summed E-state index contributed by atoms with van der Waals surface area (Å²) >= 11 is 0. The minimum absolute atomic E-state index is 0.488. The Hall–Kier alpha value is -2.36. The lowest BCUT2D eigenvalue weighted by molar-refractivity contribution is 1.09. The minimum Gasteiger partial charge on any atom is -0.369 e. The molecule has 0 aliphatic carbocycles. The topological polar surface area (TPSA) is 56.7 Å². The first-order valence-corrected chi connectivity index (χ1v) is 5.41. The van der Waals surface area contributed by atoms with Crippen molar-refractivity contribution in [3.05, 3.63) is 48.3 Å². The summed E-state index contributed by atoms with van der Waals surface area (Å²) in [6.45, 7) is 2.06. The molecule has 2 N–H and O–H groups in total. The quantitative estimate of drug-likeness (QED) is 0.690. The van der Waals surface area contributed by atoms with Crippen molar-refractivity contribution in [1.82, 2.24) is 14.5 Å². The van der Waals surface area contributed by atoms with Gasteiger partial charge in [-0.1, -0.05) is 18.2 Å². The van der Waals surface area contributed by atoms with Crippen LogP contribution in [0.25, 0.3) is 16.7 Å². The second-order valence-corrected chi connectivity index (χ2v) is 3.96. The van der Waals surface area contributed by atoms with Crippen LogP contribution in [-0.4, -0.2) is 14.5 Å². The average Bonchev–Trinajstić information content (AvgIpc) is 2.66. The fourth-order valence-electron chi connectivity index (χ4n) is 2.02. The number of fused-ring (bicyclic) bond motifs is 1. The standard InChI is InChI=1S/C13H12N4/c1-9-4-2-3-5-11(9)17-12-6-7-15-8-10(12)16-13(17)14/h2-8H,1H3,(H2,14,16). The largest absolute Gasteiger partial charge is 0.369 e. The SMILES string of the molecule is Cc1ccccc1-n1c(N)nc2cnccc21. The van der Waals surface area contributed by atoms with E-state index in [0.29, 0.717) is 5.95 Å². The van der Waals surface area contributed by atoms with Crippen LogP contribution in [0, 0.1) is 6.92 Å². The van der Waals surface area contributed by atoms with Crippen molar-refractivity contribution in [3.8, 4) is 5.69 Å². The van der Waals surface area contributed by atoms with Crippen LogP contribution < -0.4 is 5.73 Å². The lowest BCUT2D eigenvalue weighted by Gasteiger charge is -2.09. The average molecular weight is 224 g/mol. The molecule has 0 saturated carbocycles. The highest BCUT2D eigenvalue weighted by Crippen LogP contribution is 2.23. The van der Waals surface area contributed by atoms with Gasteiger partial charge in [-0.25, -0.2) is 4.98 Å². The molecule has 0 atom stereocenters. The maximum absolute atomic E-state index is 5.98. The zero-order valence-corrected chi connectivity index (χ0v) is 9.46. The first-order valence-electron chi connectivity index (χ1n) is 5.41. The maximum atomic E-state index is 5.98. The van der Waals surface area contributed by atoms with Crippen molar-refractivity contribution >= 4 is 17.0 Å². The number of nitrogens with zero attached hydrogens (tertiary/aromatic N) is 3. The lowest BCUT2D eigenvalue weighted by Crippen LogP contribution is -2.02. The molecule has 0 radical (unpaired) electrons. The van der Waals surface area contributed by atoms with Gasteiger partial charge in [0.05, 0.1) is 17.4 Å². The van der Waals surface area contributed by atoms with E-state index in [1.54, 1.807) is 12.4 Å². The van der Waals surface area contributed by atoms with E-state index in [4.69, 9.17) is 5.73 Å². The second kappa shape index (κ2) is 3.59. The van der Waals surface area contributed by atoms with Crippen molar-refractivity contribution in [2.24, 2.45) is 0 Å². The predicted octanol–water partition coefficient (Wildman–Crippen LogP) is 2.31. The highest BCUT2D eigenvalue weighted by Gasteiger charge is 2.10. The van der Waals surface area contributed by atoms with Crippen molar-refractivity contribution in [1.29, 1.82) is 0 Å². The molecule has 2 aromatic heterocycles. The van der Waals surface area contributed by atoms with E-state index in [2.05, 4.69) is 23.0 Å². The Balaban J connectivity index is 2.38. The number of benzene rings is 1. The predicted molar refractivity (Wildman–Crippen MR) is 68.0 cm³/mol. The molecule has 0 unspecified atom stereocenters. The van der Waals surface area contributed by atoms with Crippen LogP contribution in [0.15, 0.2) is 42.7 Å². The fraction of sp³-hybridized carbons (Fsp3) is 0.0769. The van der Waals surface area contributed by atoms with Crippen LogP contribution >= 0.6 is 0 Å². The third-order valence-corrected chi connectivity index (χ3v) is 2.84. The van der Waals surface area contributed by atoms with Gasteiger partial charge in [-0.05, 0) is 24.6 Å². The third-order valence-electron chi connectivity index (χ3n) is 2.84. The van der Waals surface area contributed by atoms with Crippen LogP contribution in [-0.2, 0) is 0 Å². The molecule has 3 rings (SSSR count). The molecule has 4 nitrogen and oxygen atoms in total. The summed E-state index contributed by atoms with van der Waals surface area (Å²) in [6, 6.07) is 10.0. The molecule has 3 aromatic rings. The van der Waals surface area contributed by atoms with Crippen LogP contribution in [0.5, 0.6) is 0 Å². The van der Waals surface area contributed by atoms with Crippen LogP contribution in [0.2, 0.25) is 0 Å². The summed E-state index contributed by atoms with van der Waals surface area (Å²) in [5.41, 5.74) is 9.99. The number of pyridine rings is 1. The molecule has 0 bridgehead atoms. The Labute approximate surface area is 98.7 Å². The Bertz CT molecular complexity index is 685. The van der Waals surface area contributed by atoms with Gasteiger partial charge in [0.25, 0.3) is 0 Å². The summed E-state index contributed by atoms with van der Waals surface area (Å²) < 4.78 is 1.95. The minimum atomic E-state index is 0.488. The van der Waals surface area contributed by atoms with E-state index in [1.165, 1.54) is 0 Å². The molecule has 0 aliphatic heterocycles. The van der Waals surface area contributed by atoms with Gasteiger partial charge in [0.2, 0.25) is 5.95 Å². The number of hydrogen-bond acceptors (Lipinski definition) is 3. The highest BCUT2D eigenvalue weighted by atomic mass is 15.2. The molecule has 1 aromatic carbocycles. The zero-order chi connectivity index (χ0) is 11.8. The van der Waals surface area contributed by atoms with E-state index in [0.717, 1.165) is 22.3 Å². The van der Waals surface area contributed by atoms with Gasteiger partial charge < -0.3 is 5.73 Å². The first-order chi connectivity index (χ1) is 8.27. The van der Waals surface area contributed by atoms with Crippen LogP contribution in [0.4, 0.5) is 5.95 Å². The molecule has 0 saturated heterocycles. The van der Waals surface area contributed by atoms with Crippen molar-refractivity contribution in [2.75, 3.05) is 5.73 Å². The first kappa shape index (κ1) is 9.84. The summed E-state index contributed by atoms with van der Waals surface area (Å²) in [6.07, 6.45) is 3.47. The lowest BCUT2D eigenvalue weighted by atomic mass is 10.2. The zero-order valence-electron chi connectivity index (χ0n) is 9.46. The van der Waals surface area contributed by atoms with Crippen molar-refractivity contribution < 1.29 is 0 Å². The number of nitrogen functional groups attached to an aromatic ring is 1. The Morgan fingerprint density at radius 3 is 2.82 bits per heavy atom. The molecule has 0 aliphatic rings. The molecule has 2 heterocycles. The van der Waals surface area contributed by atoms with Gasteiger partial charge in [-0.2, -0.15) is 0 Å². The van der Waals surface area contributed by atoms with Gasteiger partial charge in [0, 0.05) is 6.20 Å². The number of aryl methyl sites for hydroxylation is 1. The van der Waals surface area contributed by atoms with Crippen molar-refractivity contribution in [3.63, 3.8) is 0 Å². The molecule has 4 heteroatoms. The number of imidazole rings is 1. The Kier molecular flexibility index (Phi) is 2.08.